The summed E-state index contributed by atoms with van der Waals surface area (Å²) in [6, 6.07) is 7.40. The summed E-state index contributed by atoms with van der Waals surface area (Å²) in [5, 5.41) is 5.20. The van der Waals surface area contributed by atoms with Gasteiger partial charge in [0.1, 0.15) is 5.01 Å². The van der Waals surface area contributed by atoms with Crippen LogP contribution in [-0.2, 0) is 11.3 Å². The van der Waals surface area contributed by atoms with Gasteiger partial charge in [-0.05, 0) is 32.9 Å². The lowest BCUT2D eigenvalue weighted by molar-refractivity contribution is 0.0594. The average molecular weight is 347 g/mol. The van der Waals surface area contributed by atoms with Crippen molar-refractivity contribution in [1.82, 2.24) is 9.88 Å². The van der Waals surface area contributed by atoms with Gasteiger partial charge in [-0.15, -0.1) is 11.3 Å². The third-order valence-electron chi connectivity index (χ3n) is 3.44. The van der Waals surface area contributed by atoms with Crippen molar-refractivity contribution in [3.63, 3.8) is 0 Å². The third-order valence-corrected chi connectivity index (χ3v) is 4.27. The average Bonchev–Trinajstić information content (AvgIpc) is 3.02. The SMILES string of the molecule is COC(=O)c1csc(CN(C(=O)Nc2ccc(C)cc2)C(C)C)n1. The normalized spacial score (nSPS) is 10.5. The van der Waals surface area contributed by atoms with Crippen molar-refractivity contribution in [1.29, 1.82) is 0 Å². The Kier molecular flexibility index (Phi) is 5.92. The lowest BCUT2D eigenvalue weighted by atomic mass is 10.2. The van der Waals surface area contributed by atoms with Gasteiger partial charge >= 0.3 is 12.0 Å². The second-order valence-electron chi connectivity index (χ2n) is 5.64. The second-order valence-corrected chi connectivity index (χ2v) is 6.58. The monoisotopic (exact) mass is 347 g/mol. The quantitative estimate of drug-likeness (QED) is 0.838. The molecule has 1 aromatic heterocycles. The predicted molar refractivity (Wildman–Crippen MR) is 94.3 cm³/mol. The molecule has 1 N–H and O–H groups in total. The fourth-order valence-corrected chi connectivity index (χ4v) is 2.81. The molecule has 2 aromatic rings. The van der Waals surface area contributed by atoms with E-state index in [1.54, 1.807) is 10.3 Å². The maximum absolute atomic E-state index is 12.5. The van der Waals surface area contributed by atoms with Crippen molar-refractivity contribution < 1.29 is 14.3 Å². The van der Waals surface area contributed by atoms with Gasteiger partial charge in [-0.1, -0.05) is 17.7 Å². The number of amides is 2. The van der Waals surface area contributed by atoms with Gasteiger partial charge in [-0.3, -0.25) is 0 Å². The number of nitrogens with one attached hydrogen (secondary N) is 1. The second kappa shape index (κ2) is 7.92. The van der Waals surface area contributed by atoms with E-state index in [1.807, 2.05) is 45.0 Å². The summed E-state index contributed by atoms with van der Waals surface area (Å²) in [4.78, 5) is 29.9. The Morgan fingerprint density at radius 3 is 2.54 bits per heavy atom. The van der Waals surface area contributed by atoms with Crippen LogP contribution in [-0.4, -0.2) is 35.0 Å². The number of ether oxygens (including phenoxy) is 1. The van der Waals surface area contributed by atoms with Crippen LogP contribution in [0.15, 0.2) is 29.6 Å². The first-order valence-electron chi connectivity index (χ1n) is 7.57. The topological polar surface area (TPSA) is 71.5 Å². The molecule has 0 spiro atoms. The van der Waals surface area contributed by atoms with Crippen molar-refractivity contribution in [3.05, 3.63) is 45.9 Å². The van der Waals surface area contributed by atoms with E-state index in [9.17, 15) is 9.59 Å². The largest absolute Gasteiger partial charge is 0.464 e. The van der Waals surface area contributed by atoms with Crippen molar-refractivity contribution >= 4 is 29.0 Å². The number of anilines is 1. The highest BCUT2D eigenvalue weighted by Gasteiger charge is 2.20. The summed E-state index contributed by atoms with van der Waals surface area (Å²) >= 11 is 1.33. The number of carbonyl (C=O) groups excluding carboxylic acids is 2. The molecule has 0 bridgehead atoms. The summed E-state index contributed by atoms with van der Waals surface area (Å²) in [5.41, 5.74) is 2.14. The summed E-state index contributed by atoms with van der Waals surface area (Å²) in [7, 11) is 1.32. The first-order valence-corrected chi connectivity index (χ1v) is 8.45. The number of esters is 1. The molecule has 0 fully saturated rings. The molecular weight excluding hydrogens is 326 g/mol. The van der Waals surface area contributed by atoms with Crippen LogP contribution >= 0.6 is 11.3 Å². The number of benzene rings is 1. The minimum atomic E-state index is -0.474. The zero-order valence-electron chi connectivity index (χ0n) is 14.2. The molecule has 2 rings (SSSR count). The molecule has 2 amide bonds. The van der Waals surface area contributed by atoms with Crippen molar-refractivity contribution in [2.24, 2.45) is 0 Å². The highest BCUT2D eigenvalue weighted by Crippen LogP contribution is 2.17. The molecule has 0 aliphatic heterocycles. The molecule has 24 heavy (non-hydrogen) atoms. The Labute approximate surface area is 145 Å². The molecule has 0 aliphatic carbocycles. The van der Waals surface area contributed by atoms with Crippen LogP contribution in [0.5, 0.6) is 0 Å². The number of rotatable bonds is 5. The van der Waals surface area contributed by atoms with E-state index in [-0.39, 0.29) is 17.8 Å². The van der Waals surface area contributed by atoms with Crippen molar-refractivity contribution in [2.45, 2.75) is 33.4 Å². The standard InChI is InChI=1S/C17H21N3O3S/c1-11(2)20(9-15-19-14(10-24-15)16(21)23-4)17(22)18-13-7-5-12(3)6-8-13/h5-8,10-11H,9H2,1-4H3,(H,18,22). The third kappa shape index (κ3) is 4.55. The number of carbonyl (C=O) groups is 2. The smallest absolute Gasteiger partial charge is 0.357 e. The molecule has 0 unspecified atom stereocenters. The zero-order chi connectivity index (χ0) is 17.7. The van der Waals surface area contributed by atoms with Gasteiger partial charge in [0.05, 0.1) is 13.7 Å². The molecule has 0 saturated carbocycles. The lowest BCUT2D eigenvalue weighted by Crippen LogP contribution is -2.39. The van der Waals surface area contributed by atoms with Gasteiger partial charge in [0.2, 0.25) is 0 Å². The molecule has 1 aromatic carbocycles. The first-order chi connectivity index (χ1) is 11.4. The fraction of sp³-hybridized carbons (Fsp3) is 0.353. The van der Waals surface area contributed by atoms with Crippen LogP contribution in [0.4, 0.5) is 10.5 Å². The molecule has 7 heteroatoms. The number of methoxy groups -OCH3 is 1. The highest BCUT2D eigenvalue weighted by atomic mass is 32.1. The lowest BCUT2D eigenvalue weighted by Gasteiger charge is -2.26. The van der Waals surface area contributed by atoms with E-state index in [0.29, 0.717) is 11.6 Å². The minimum absolute atomic E-state index is 0.0130. The number of aryl methyl sites for hydroxylation is 1. The van der Waals surface area contributed by atoms with Gasteiger partial charge < -0.3 is 15.0 Å². The number of hydrogen-bond acceptors (Lipinski definition) is 5. The molecule has 6 nitrogen and oxygen atoms in total. The van der Waals surface area contributed by atoms with E-state index >= 15 is 0 Å². The molecule has 0 radical (unpaired) electrons. The number of hydrogen-bond donors (Lipinski definition) is 1. The summed E-state index contributed by atoms with van der Waals surface area (Å²) in [5.74, 6) is -0.474. The summed E-state index contributed by atoms with van der Waals surface area (Å²) < 4.78 is 4.65. The van der Waals surface area contributed by atoms with Crippen LogP contribution in [0.3, 0.4) is 0 Å². The molecule has 0 saturated heterocycles. The van der Waals surface area contributed by atoms with E-state index < -0.39 is 5.97 Å². The number of thiazole rings is 1. The van der Waals surface area contributed by atoms with E-state index in [4.69, 9.17) is 0 Å². The zero-order valence-corrected chi connectivity index (χ0v) is 15.0. The van der Waals surface area contributed by atoms with Crippen LogP contribution in [0.2, 0.25) is 0 Å². The number of urea groups is 1. The van der Waals surface area contributed by atoms with Crippen LogP contribution in [0.1, 0.15) is 34.9 Å². The Bertz CT molecular complexity index is 710. The van der Waals surface area contributed by atoms with Gasteiger partial charge in [-0.25, -0.2) is 14.6 Å². The van der Waals surface area contributed by atoms with Gasteiger partial charge in [-0.2, -0.15) is 0 Å². The van der Waals surface area contributed by atoms with Gasteiger partial charge in [0.25, 0.3) is 0 Å². The maximum atomic E-state index is 12.5. The van der Waals surface area contributed by atoms with Gasteiger partial charge in [0, 0.05) is 17.1 Å². The van der Waals surface area contributed by atoms with Crippen molar-refractivity contribution in [3.8, 4) is 0 Å². The Hall–Kier alpha value is -2.41. The molecule has 0 aliphatic rings. The fourth-order valence-electron chi connectivity index (χ4n) is 2.05. The predicted octanol–water partition coefficient (Wildman–Crippen LogP) is 3.68. The summed E-state index contributed by atoms with van der Waals surface area (Å²) in [6.07, 6.45) is 0. The van der Waals surface area contributed by atoms with Crippen LogP contribution in [0, 0.1) is 6.92 Å². The Morgan fingerprint density at radius 2 is 1.96 bits per heavy atom. The van der Waals surface area contributed by atoms with Crippen molar-refractivity contribution in [2.75, 3.05) is 12.4 Å². The first kappa shape index (κ1) is 17.9. The van der Waals surface area contributed by atoms with E-state index in [2.05, 4.69) is 15.0 Å². The van der Waals surface area contributed by atoms with Crippen LogP contribution < -0.4 is 5.32 Å². The molecule has 0 atom stereocenters. The van der Waals surface area contributed by atoms with E-state index in [0.717, 1.165) is 11.3 Å². The maximum Gasteiger partial charge on any atom is 0.357 e. The van der Waals surface area contributed by atoms with Crippen LogP contribution in [0.25, 0.3) is 0 Å². The van der Waals surface area contributed by atoms with E-state index in [1.165, 1.54) is 18.4 Å². The minimum Gasteiger partial charge on any atom is -0.464 e. The molecule has 1 heterocycles. The molecular formula is C17H21N3O3S. The number of aromatic nitrogens is 1. The number of nitrogens with zero attached hydrogens (tertiary/aromatic N) is 2. The Morgan fingerprint density at radius 1 is 1.29 bits per heavy atom. The highest BCUT2D eigenvalue weighted by molar-refractivity contribution is 7.09. The Balaban J connectivity index is 2.08. The van der Waals surface area contributed by atoms with Gasteiger partial charge in [0.15, 0.2) is 5.69 Å². The molecule has 128 valence electrons. The summed E-state index contributed by atoms with van der Waals surface area (Å²) in [6.45, 7) is 6.19.